The first kappa shape index (κ1) is 23.0. The second-order valence-corrected chi connectivity index (χ2v) is 10.3. The average molecular weight is 496 g/mol. The number of pyridine rings is 1. The molecule has 3 aromatic heterocycles. The summed E-state index contributed by atoms with van der Waals surface area (Å²) in [7, 11) is 3.00. The molecule has 0 atom stereocenters. The number of aryl methyl sites for hydroxylation is 3. The maximum absolute atomic E-state index is 13.5. The molecular weight excluding hydrogens is 470 g/mol. The summed E-state index contributed by atoms with van der Waals surface area (Å²) in [4.78, 5) is 37.9. The van der Waals surface area contributed by atoms with E-state index >= 15 is 0 Å². The molecule has 0 fully saturated rings. The van der Waals surface area contributed by atoms with Gasteiger partial charge in [0.05, 0.1) is 42.4 Å². The molecule has 7 nitrogen and oxygen atoms in total. The van der Waals surface area contributed by atoms with Gasteiger partial charge in [0.1, 0.15) is 4.83 Å². The zero-order valence-corrected chi connectivity index (χ0v) is 21.0. The van der Waals surface area contributed by atoms with Crippen molar-refractivity contribution < 1.29 is 14.3 Å². The van der Waals surface area contributed by atoms with E-state index in [1.807, 2.05) is 31.2 Å². The first-order chi connectivity index (χ1) is 16.5. The van der Waals surface area contributed by atoms with E-state index in [-0.39, 0.29) is 5.56 Å². The van der Waals surface area contributed by atoms with Crippen molar-refractivity contribution in [1.82, 2.24) is 14.5 Å². The Morgan fingerprint density at radius 3 is 2.82 bits per heavy atom. The molecule has 0 saturated heterocycles. The molecule has 9 heteroatoms. The third kappa shape index (κ3) is 3.91. The predicted molar refractivity (Wildman–Crippen MR) is 135 cm³/mol. The van der Waals surface area contributed by atoms with Gasteiger partial charge in [0.15, 0.2) is 5.16 Å². The number of thioether (sulfide) groups is 1. The molecule has 1 aliphatic rings. The second-order valence-electron chi connectivity index (χ2n) is 8.24. The predicted octanol–water partition coefficient (Wildman–Crippen LogP) is 4.53. The lowest BCUT2D eigenvalue weighted by Crippen LogP contribution is -2.25. The third-order valence-corrected chi connectivity index (χ3v) is 8.44. The van der Waals surface area contributed by atoms with Gasteiger partial charge in [-0.25, -0.2) is 9.78 Å². The Morgan fingerprint density at radius 1 is 1.21 bits per heavy atom. The fourth-order valence-corrected chi connectivity index (χ4v) is 6.87. The minimum absolute atomic E-state index is 0.0141. The summed E-state index contributed by atoms with van der Waals surface area (Å²) in [5, 5.41) is 2.28. The van der Waals surface area contributed by atoms with Crippen molar-refractivity contribution in [3.8, 4) is 0 Å². The molecule has 0 unspecified atom stereocenters. The fraction of sp³-hybridized carbons (Fsp3) is 0.360. The molecule has 3 heterocycles. The number of benzene rings is 1. The zero-order chi connectivity index (χ0) is 23.8. The zero-order valence-electron chi connectivity index (χ0n) is 19.3. The topological polar surface area (TPSA) is 83.3 Å². The monoisotopic (exact) mass is 495 g/mol. The Kier molecular flexibility index (Phi) is 6.42. The first-order valence-electron chi connectivity index (χ1n) is 11.2. The summed E-state index contributed by atoms with van der Waals surface area (Å²) in [6.45, 7) is 2.74. The van der Waals surface area contributed by atoms with Gasteiger partial charge in [0.25, 0.3) is 5.56 Å². The number of carbonyl (C=O) groups excluding carboxylic acids is 1. The number of esters is 1. The van der Waals surface area contributed by atoms with Crippen molar-refractivity contribution in [2.24, 2.45) is 0 Å². The summed E-state index contributed by atoms with van der Waals surface area (Å²) < 4.78 is 12.0. The van der Waals surface area contributed by atoms with Gasteiger partial charge >= 0.3 is 5.97 Å². The maximum Gasteiger partial charge on any atom is 0.340 e. The van der Waals surface area contributed by atoms with Crippen molar-refractivity contribution >= 4 is 50.2 Å². The van der Waals surface area contributed by atoms with E-state index in [0.717, 1.165) is 45.9 Å². The van der Waals surface area contributed by atoms with Gasteiger partial charge in [-0.3, -0.25) is 14.3 Å². The highest BCUT2D eigenvalue weighted by atomic mass is 32.2. The lowest BCUT2D eigenvalue weighted by molar-refractivity contribution is 0.0598. The van der Waals surface area contributed by atoms with Crippen LogP contribution in [0.25, 0.3) is 21.1 Å². The number of nitrogens with zero attached hydrogens (tertiary/aromatic N) is 3. The molecule has 0 bridgehead atoms. The van der Waals surface area contributed by atoms with Gasteiger partial charge in [0, 0.05) is 23.1 Å². The summed E-state index contributed by atoms with van der Waals surface area (Å²) in [6, 6.07) is 7.74. The molecule has 4 aromatic rings. The standard InChI is InChI=1S/C25H25N3O4S2/c1-14-15-7-4-5-9-17(15)26-18(20(14)24(30)32-3)13-33-25-27-22-21(16-8-6-10-19(16)34-22)23(29)28(25)11-12-31-2/h4-5,7,9H,6,8,10-13H2,1-3H3. The van der Waals surface area contributed by atoms with Gasteiger partial charge in [-0.15, -0.1) is 11.3 Å². The van der Waals surface area contributed by atoms with Crippen LogP contribution in [0, 0.1) is 6.92 Å². The van der Waals surface area contributed by atoms with E-state index in [0.29, 0.717) is 35.3 Å². The fourth-order valence-electron chi connectivity index (χ4n) is 4.60. The maximum atomic E-state index is 13.5. The highest BCUT2D eigenvalue weighted by Gasteiger charge is 2.24. The molecule has 0 N–H and O–H groups in total. The number of rotatable bonds is 7. The normalized spacial score (nSPS) is 13.0. The lowest BCUT2D eigenvalue weighted by atomic mass is 10.0. The molecule has 5 rings (SSSR count). The molecule has 34 heavy (non-hydrogen) atoms. The molecule has 0 amide bonds. The van der Waals surface area contributed by atoms with Gasteiger partial charge in [-0.1, -0.05) is 30.0 Å². The second kappa shape index (κ2) is 9.48. The number of para-hydroxylation sites is 1. The molecule has 1 aromatic carbocycles. The van der Waals surface area contributed by atoms with Crippen LogP contribution >= 0.6 is 23.1 Å². The van der Waals surface area contributed by atoms with Crippen LogP contribution < -0.4 is 5.56 Å². The summed E-state index contributed by atoms with van der Waals surface area (Å²) in [6.07, 6.45) is 3.04. The van der Waals surface area contributed by atoms with E-state index in [2.05, 4.69) is 0 Å². The summed E-state index contributed by atoms with van der Waals surface area (Å²) >= 11 is 3.04. The largest absolute Gasteiger partial charge is 0.465 e. The summed E-state index contributed by atoms with van der Waals surface area (Å²) in [5.41, 5.74) is 3.89. The van der Waals surface area contributed by atoms with E-state index in [4.69, 9.17) is 19.4 Å². The Balaban J connectivity index is 1.59. The Hall–Kier alpha value is -2.75. The quantitative estimate of drug-likeness (QED) is 0.212. The van der Waals surface area contributed by atoms with Crippen molar-refractivity contribution in [2.45, 2.75) is 43.6 Å². The van der Waals surface area contributed by atoms with Gasteiger partial charge < -0.3 is 9.47 Å². The molecular formula is C25H25N3O4S2. The van der Waals surface area contributed by atoms with Crippen LogP contribution in [0.4, 0.5) is 0 Å². The average Bonchev–Trinajstić information content (AvgIpc) is 3.43. The summed E-state index contributed by atoms with van der Waals surface area (Å²) in [5.74, 6) is -0.0345. The van der Waals surface area contributed by atoms with Crippen molar-refractivity contribution in [3.63, 3.8) is 0 Å². The number of fused-ring (bicyclic) bond motifs is 4. The number of hydrogen-bond donors (Lipinski definition) is 0. The van der Waals surface area contributed by atoms with Gasteiger partial charge in [-0.2, -0.15) is 0 Å². The number of hydrogen-bond acceptors (Lipinski definition) is 8. The van der Waals surface area contributed by atoms with Crippen LogP contribution in [-0.4, -0.2) is 41.3 Å². The molecule has 0 radical (unpaired) electrons. The lowest BCUT2D eigenvalue weighted by Gasteiger charge is -2.15. The van der Waals surface area contributed by atoms with Crippen LogP contribution in [0.5, 0.6) is 0 Å². The van der Waals surface area contributed by atoms with Crippen molar-refractivity contribution in [2.75, 3.05) is 20.8 Å². The van der Waals surface area contributed by atoms with Crippen LogP contribution in [0.15, 0.2) is 34.2 Å². The molecule has 0 saturated carbocycles. The third-order valence-electron chi connectivity index (χ3n) is 6.26. The van der Waals surface area contributed by atoms with Gasteiger partial charge in [-0.05, 0) is 43.4 Å². The Morgan fingerprint density at radius 2 is 2.03 bits per heavy atom. The highest BCUT2D eigenvalue weighted by Crippen LogP contribution is 2.36. The SMILES string of the molecule is COCCn1c(SCc2nc3ccccc3c(C)c2C(=O)OC)nc2sc3c(c2c1=O)CCC3. The number of methoxy groups -OCH3 is 2. The van der Waals surface area contributed by atoms with E-state index < -0.39 is 5.97 Å². The minimum atomic E-state index is -0.416. The number of thiophene rings is 1. The molecule has 1 aliphatic carbocycles. The van der Waals surface area contributed by atoms with Crippen LogP contribution in [0.2, 0.25) is 0 Å². The van der Waals surface area contributed by atoms with E-state index in [9.17, 15) is 9.59 Å². The molecule has 0 aliphatic heterocycles. The van der Waals surface area contributed by atoms with Crippen molar-refractivity contribution in [1.29, 1.82) is 0 Å². The number of aromatic nitrogens is 3. The van der Waals surface area contributed by atoms with E-state index in [1.165, 1.54) is 29.3 Å². The van der Waals surface area contributed by atoms with Gasteiger partial charge in [0.2, 0.25) is 0 Å². The van der Waals surface area contributed by atoms with E-state index in [1.54, 1.807) is 23.0 Å². The number of ether oxygens (including phenoxy) is 2. The number of carbonyl (C=O) groups is 1. The first-order valence-corrected chi connectivity index (χ1v) is 13.0. The van der Waals surface area contributed by atoms with Crippen molar-refractivity contribution in [3.05, 3.63) is 61.9 Å². The van der Waals surface area contributed by atoms with Crippen LogP contribution in [0.3, 0.4) is 0 Å². The highest BCUT2D eigenvalue weighted by molar-refractivity contribution is 7.98. The molecule has 176 valence electrons. The van der Waals surface area contributed by atoms with Crippen LogP contribution in [0.1, 0.15) is 38.5 Å². The smallest absolute Gasteiger partial charge is 0.340 e. The Labute approximate surface area is 205 Å². The minimum Gasteiger partial charge on any atom is -0.465 e. The Bertz CT molecular complexity index is 1480. The molecule has 0 spiro atoms. The van der Waals surface area contributed by atoms with Crippen LogP contribution in [-0.2, 0) is 34.6 Å².